The highest BCUT2D eigenvalue weighted by atomic mass is 32.2. The van der Waals surface area contributed by atoms with E-state index in [0.29, 0.717) is 5.75 Å². The number of phenolic OH excluding ortho intramolecular Hbond substituents is 1. The van der Waals surface area contributed by atoms with Gasteiger partial charge in [0.05, 0.1) is 0 Å². The molecule has 0 radical (unpaired) electrons. The summed E-state index contributed by atoms with van der Waals surface area (Å²) in [5.74, 6) is 1.67. The van der Waals surface area contributed by atoms with Crippen LogP contribution in [0.2, 0.25) is 0 Å². The molecule has 1 aliphatic rings. The molecule has 0 aliphatic carbocycles. The number of phenols is 1. The Balaban J connectivity index is 2.76. The zero-order valence-electron chi connectivity index (χ0n) is 12.3. The number of thioether (sulfide) groups is 1. The normalized spacial score (nSPS) is 15.9. The molecule has 0 spiro atoms. The molecule has 1 aromatic rings. The van der Waals surface area contributed by atoms with E-state index in [1.54, 1.807) is 0 Å². The molecular weight excluding hydrogens is 240 g/mol. The van der Waals surface area contributed by atoms with Crippen LogP contribution in [0.3, 0.4) is 0 Å². The number of rotatable bonds is 0. The lowest BCUT2D eigenvalue weighted by molar-refractivity contribution is 0.420. The number of aromatic hydroxyl groups is 1. The van der Waals surface area contributed by atoms with Crippen LogP contribution < -0.4 is 0 Å². The van der Waals surface area contributed by atoms with Crippen molar-refractivity contribution in [2.75, 3.05) is 5.75 Å². The van der Waals surface area contributed by atoms with Crippen LogP contribution in [0.5, 0.6) is 5.75 Å². The molecule has 100 valence electrons. The first-order valence-corrected chi connectivity index (χ1v) is 7.63. The van der Waals surface area contributed by atoms with Crippen LogP contribution in [0.15, 0.2) is 11.0 Å². The lowest BCUT2D eigenvalue weighted by atomic mass is 9.77. The van der Waals surface area contributed by atoms with Crippen molar-refractivity contribution in [2.24, 2.45) is 0 Å². The van der Waals surface area contributed by atoms with Crippen molar-refractivity contribution in [2.45, 2.75) is 63.7 Å². The first-order valence-electron chi connectivity index (χ1n) is 6.65. The third-order valence-electron chi connectivity index (χ3n) is 3.53. The van der Waals surface area contributed by atoms with Crippen molar-refractivity contribution in [3.05, 3.63) is 22.8 Å². The summed E-state index contributed by atoms with van der Waals surface area (Å²) in [6, 6.07) is 2.21. The Kier molecular flexibility index (Phi) is 3.21. The maximum Gasteiger partial charge on any atom is 0.123 e. The molecule has 1 N–H and O–H groups in total. The summed E-state index contributed by atoms with van der Waals surface area (Å²) in [5.41, 5.74) is 3.61. The lowest BCUT2D eigenvalue weighted by Gasteiger charge is -2.29. The van der Waals surface area contributed by atoms with Gasteiger partial charge in [-0.05, 0) is 28.9 Å². The van der Waals surface area contributed by atoms with Crippen LogP contribution in [0.25, 0.3) is 0 Å². The third-order valence-corrected chi connectivity index (χ3v) is 4.62. The number of benzene rings is 1. The summed E-state index contributed by atoms with van der Waals surface area (Å²) in [5, 5.41) is 10.7. The maximum atomic E-state index is 10.7. The Labute approximate surface area is 115 Å². The van der Waals surface area contributed by atoms with E-state index in [0.717, 1.165) is 23.3 Å². The maximum absolute atomic E-state index is 10.7. The van der Waals surface area contributed by atoms with Gasteiger partial charge in [-0.15, -0.1) is 11.8 Å². The Morgan fingerprint density at radius 1 is 1.06 bits per heavy atom. The van der Waals surface area contributed by atoms with Gasteiger partial charge >= 0.3 is 0 Å². The van der Waals surface area contributed by atoms with Crippen molar-refractivity contribution >= 4 is 11.8 Å². The fourth-order valence-corrected chi connectivity index (χ4v) is 3.81. The summed E-state index contributed by atoms with van der Waals surface area (Å²) in [4.78, 5) is 1.38. The average Bonchev–Trinajstić information content (AvgIpc) is 2.59. The van der Waals surface area contributed by atoms with E-state index in [1.807, 2.05) is 11.8 Å². The Morgan fingerprint density at radius 3 is 2.17 bits per heavy atom. The molecule has 0 saturated heterocycles. The van der Waals surface area contributed by atoms with E-state index >= 15 is 0 Å². The highest BCUT2D eigenvalue weighted by Gasteiger charge is 2.31. The van der Waals surface area contributed by atoms with Gasteiger partial charge in [-0.3, -0.25) is 0 Å². The molecular formula is C16H24OS. The number of hydrogen-bond acceptors (Lipinski definition) is 2. The second-order valence-electron chi connectivity index (χ2n) is 7.22. The topological polar surface area (TPSA) is 20.2 Å². The van der Waals surface area contributed by atoms with Gasteiger partial charge in [-0.2, -0.15) is 0 Å². The predicted octanol–water partition coefficient (Wildman–Crippen LogP) is 4.64. The van der Waals surface area contributed by atoms with Crippen molar-refractivity contribution in [3.8, 4) is 5.75 Å². The minimum absolute atomic E-state index is 0.000324. The molecule has 0 amide bonds. The monoisotopic (exact) mass is 264 g/mol. The van der Waals surface area contributed by atoms with Gasteiger partial charge in [-0.1, -0.05) is 41.5 Å². The van der Waals surface area contributed by atoms with E-state index in [9.17, 15) is 5.11 Å². The van der Waals surface area contributed by atoms with Gasteiger partial charge in [-0.25, -0.2) is 0 Å². The number of hydrogen-bond donors (Lipinski definition) is 1. The SMILES string of the molecule is CC(C)(C)c1cc2c(c(C(C)(C)C)c1O)CCS2. The first kappa shape index (κ1) is 13.8. The molecule has 1 aromatic carbocycles. The van der Waals surface area contributed by atoms with E-state index in [4.69, 9.17) is 0 Å². The zero-order valence-corrected chi connectivity index (χ0v) is 13.2. The Morgan fingerprint density at radius 2 is 1.67 bits per heavy atom. The van der Waals surface area contributed by atoms with Gasteiger partial charge in [0.25, 0.3) is 0 Å². The minimum atomic E-state index is -0.0116. The molecule has 0 unspecified atom stereocenters. The summed E-state index contributed by atoms with van der Waals surface area (Å²) < 4.78 is 0. The van der Waals surface area contributed by atoms with Gasteiger partial charge < -0.3 is 5.11 Å². The van der Waals surface area contributed by atoms with Gasteiger partial charge in [0.1, 0.15) is 5.75 Å². The van der Waals surface area contributed by atoms with Gasteiger partial charge in [0.15, 0.2) is 0 Å². The van der Waals surface area contributed by atoms with Crippen molar-refractivity contribution in [3.63, 3.8) is 0 Å². The number of fused-ring (bicyclic) bond motifs is 1. The molecule has 0 saturated carbocycles. The second-order valence-corrected chi connectivity index (χ2v) is 8.36. The second kappa shape index (κ2) is 4.19. The van der Waals surface area contributed by atoms with Crippen molar-refractivity contribution in [1.29, 1.82) is 0 Å². The largest absolute Gasteiger partial charge is 0.507 e. The minimum Gasteiger partial charge on any atom is -0.507 e. The lowest BCUT2D eigenvalue weighted by Crippen LogP contribution is -2.19. The van der Waals surface area contributed by atoms with E-state index < -0.39 is 0 Å². The summed E-state index contributed by atoms with van der Waals surface area (Å²) in [6.07, 6.45) is 1.09. The van der Waals surface area contributed by atoms with Crippen LogP contribution in [-0.2, 0) is 17.3 Å². The molecule has 2 heteroatoms. The Hall–Kier alpha value is -0.630. The molecule has 0 fully saturated rings. The highest BCUT2D eigenvalue weighted by Crippen LogP contribution is 2.47. The average molecular weight is 264 g/mol. The van der Waals surface area contributed by atoms with E-state index in [1.165, 1.54) is 10.5 Å². The van der Waals surface area contributed by atoms with Crippen LogP contribution in [0, 0.1) is 0 Å². The first-order chi connectivity index (χ1) is 8.12. The van der Waals surface area contributed by atoms with Gasteiger partial charge in [0, 0.05) is 21.8 Å². The molecule has 1 heterocycles. The third kappa shape index (κ3) is 2.27. The summed E-state index contributed by atoms with van der Waals surface area (Å²) >= 11 is 1.93. The molecule has 0 bridgehead atoms. The van der Waals surface area contributed by atoms with Crippen LogP contribution in [0.4, 0.5) is 0 Å². The molecule has 1 nitrogen and oxygen atoms in total. The standard InChI is InChI=1S/C16H24OS/c1-15(2,3)11-9-12-10(7-8-18-12)13(14(11)17)16(4,5)6/h9,17H,7-8H2,1-6H3. The van der Waals surface area contributed by atoms with Crippen molar-refractivity contribution in [1.82, 2.24) is 0 Å². The molecule has 1 aliphatic heterocycles. The smallest absolute Gasteiger partial charge is 0.123 e. The van der Waals surface area contributed by atoms with Crippen LogP contribution in [0.1, 0.15) is 58.2 Å². The predicted molar refractivity (Wildman–Crippen MR) is 79.9 cm³/mol. The van der Waals surface area contributed by atoms with E-state index in [2.05, 4.69) is 47.6 Å². The quantitative estimate of drug-likeness (QED) is 0.737. The fraction of sp³-hybridized carbons (Fsp3) is 0.625. The van der Waals surface area contributed by atoms with Crippen molar-refractivity contribution < 1.29 is 5.11 Å². The summed E-state index contributed by atoms with van der Waals surface area (Å²) in [6.45, 7) is 13.1. The molecule has 2 rings (SSSR count). The molecule has 0 atom stereocenters. The van der Waals surface area contributed by atoms with Crippen LogP contribution >= 0.6 is 11.8 Å². The Bertz CT molecular complexity index is 475. The molecule has 0 aromatic heterocycles. The van der Waals surface area contributed by atoms with Gasteiger partial charge in [0.2, 0.25) is 0 Å². The molecule has 18 heavy (non-hydrogen) atoms. The van der Waals surface area contributed by atoms with Crippen LogP contribution in [-0.4, -0.2) is 10.9 Å². The van der Waals surface area contributed by atoms with E-state index in [-0.39, 0.29) is 10.8 Å². The highest BCUT2D eigenvalue weighted by molar-refractivity contribution is 7.99. The fourth-order valence-electron chi connectivity index (χ4n) is 2.71. The summed E-state index contributed by atoms with van der Waals surface area (Å²) in [7, 11) is 0. The zero-order chi connectivity index (χ0) is 13.7.